The lowest BCUT2D eigenvalue weighted by molar-refractivity contribution is 0.669. The van der Waals surface area contributed by atoms with Crippen molar-refractivity contribution in [3.63, 3.8) is 0 Å². The summed E-state index contributed by atoms with van der Waals surface area (Å²) in [6.45, 7) is 0. The molecule has 0 bridgehead atoms. The molecule has 10 aromatic carbocycles. The zero-order chi connectivity index (χ0) is 35.6. The molecule has 0 N–H and O–H groups in total. The van der Waals surface area contributed by atoms with E-state index >= 15 is 0 Å². The maximum absolute atomic E-state index is 6.40. The number of anilines is 3. The lowest BCUT2D eigenvalue weighted by atomic mass is 9.92. The molecule has 11 rings (SSSR count). The van der Waals surface area contributed by atoms with E-state index in [1.54, 1.807) is 0 Å². The summed E-state index contributed by atoms with van der Waals surface area (Å²) < 4.78 is 6.40. The Kier molecular flexibility index (Phi) is 6.90. The average molecular weight is 688 g/mol. The SMILES string of the molecule is c1ccc(N(c2ccc(-c3cc(-c4ccc5ccccc5c4)c4ccccc4c3)cc2)c2ccc3c(ccc4oc5ccc6ccccc6c5c43)c2)cc1. The first kappa shape index (κ1) is 30.5. The molecule has 0 atom stereocenters. The Morgan fingerprint density at radius 3 is 1.63 bits per heavy atom. The second-order valence-corrected chi connectivity index (χ2v) is 14.1. The van der Waals surface area contributed by atoms with Gasteiger partial charge in [0.2, 0.25) is 0 Å². The summed E-state index contributed by atoms with van der Waals surface area (Å²) in [5.74, 6) is 0. The van der Waals surface area contributed by atoms with Crippen LogP contribution in [-0.2, 0) is 0 Å². The maximum Gasteiger partial charge on any atom is 0.136 e. The smallest absolute Gasteiger partial charge is 0.136 e. The zero-order valence-corrected chi connectivity index (χ0v) is 29.4. The van der Waals surface area contributed by atoms with Crippen LogP contribution < -0.4 is 4.90 Å². The number of hydrogen-bond acceptors (Lipinski definition) is 2. The van der Waals surface area contributed by atoms with E-state index in [-0.39, 0.29) is 0 Å². The van der Waals surface area contributed by atoms with Crippen LogP contribution in [0.2, 0.25) is 0 Å². The Balaban J connectivity index is 1.03. The number of furan rings is 1. The first-order chi connectivity index (χ1) is 26.7. The Hall–Kier alpha value is -7.16. The molecule has 0 aliphatic carbocycles. The van der Waals surface area contributed by atoms with Gasteiger partial charge in [-0.25, -0.2) is 0 Å². The Morgan fingerprint density at radius 2 is 0.833 bits per heavy atom. The Bertz CT molecular complexity index is 3210. The van der Waals surface area contributed by atoms with Crippen LogP contribution in [-0.4, -0.2) is 0 Å². The highest BCUT2D eigenvalue weighted by molar-refractivity contribution is 6.26. The molecule has 1 aromatic heterocycles. The van der Waals surface area contributed by atoms with Crippen LogP contribution in [0.1, 0.15) is 0 Å². The summed E-state index contributed by atoms with van der Waals surface area (Å²) in [6.07, 6.45) is 0. The van der Waals surface area contributed by atoms with Crippen molar-refractivity contribution in [2.75, 3.05) is 4.90 Å². The van der Waals surface area contributed by atoms with Crippen LogP contribution in [0.4, 0.5) is 17.1 Å². The quantitative estimate of drug-likeness (QED) is 0.179. The van der Waals surface area contributed by atoms with E-state index < -0.39 is 0 Å². The van der Waals surface area contributed by atoms with Gasteiger partial charge in [-0.1, -0.05) is 133 Å². The lowest BCUT2D eigenvalue weighted by Crippen LogP contribution is -2.09. The number of rotatable bonds is 5. The van der Waals surface area contributed by atoms with Crippen molar-refractivity contribution >= 4 is 82.1 Å². The van der Waals surface area contributed by atoms with Crippen molar-refractivity contribution in [1.82, 2.24) is 0 Å². The zero-order valence-electron chi connectivity index (χ0n) is 29.4. The van der Waals surface area contributed by atoms with E-state index in [9.17, 15) is 0 Å². The van der Waals surface area contributed by atoms with Gasteiger partial charge in [0, 0.05) is 27.8 Å². The van der Waals surface area contributed by atoms with E-state index in [4.69, 9.17) is 4.42 Å². The van der Waals surface area contributed by atoms with Crippen LogP contribution in [0.25, 0.3) is 87.3 Å². The molecule has 1 heterocycles. The Labute approximate surface area is 312 Å². The number of nitrogens with zero attached hydrogens (tertiary/aromatic N) is 1. The van der Waals surface area contributed by atoms with E-state index in [0.717, 1.165) is 28.2 Å². The summed E-state index contributed by atoms with van der Waals surface area (Å²) in [5.41, 5.74) is 9.98. The molecule has 0 spiro atoms. The summed E-state index contributed by atoms with van der Waals surface area (Å²) in [7, 11) is 0. The predicted molar refractivity (Wildman–Crippen MR) is 229 cm³/mol. The molecule has 0 saturated heterocycles. The highest BCUT2D eigenvalue weighted by Gasteiger charge is 2.17. The van der Waals surface area contributed by atoms with Gasteiger partial charge in [0.25, 0.3) is 0 Å². The lowest BCUT2D eigenvalue weighted by Gasteiger charge is -2.26. The molecule has 0 radical (unpaired) electrons. The minimum Gasteiger partial charge on any atom is -0.456 e. The number of hydrogen-bond donors (Lipinski definition) is 0. The van der Waals surface area contributed by atoms with Crippen LogP contribution in [0.15, 0.2) is 205 Å². The standard InChI is InChI=1S/C52H33NO/c1-2-14-42(15-3-1)53(44-26-27-47-40(32-44)23-29-50-52(47)51-46-17-9-6-11-36(46)22-28-49(51)54-50)43-24-20-35(21-25-43)41-31-38-13-7-8-16-45(38)48(33-41)39-19-18-34-10-4-5-12-37(34)30-39/h1-33H. The van der Waals surface area contributed by atoms with Gasteiger partial charge in [0.05, 0.1) is 0 Å². The summed E-state index contributed by atoms with van der Waals surface area (Å²) in [4.78, 5) is 2.34. The van der Waals surface area contributed by atoms with E-state index in [1.165, 1.54) is 76.1 Å². The number of fused-ring (bicyclic) bond motifs is 9. The fourth-order valence-electron chi connectivity index (χ4n) is 8.39. The molecule has 0 aliphatic rings. The predicted octanol–water partition coefficient (Wildman–Crippen LogP) is 15.0. The average Bonchev–Trinajstić information content (AvgIpc) is 3.64. The molecule has 2 heteroatoms. The van der Waals surface area contributed by atoms with Crippen LogP contribution in [0.3, 0.4) is 0 Å². The molecule has 11 aromatic rings. The van der Waals surface area contributed by atoms with Crippen LogP contribution >= 0.6 is 0 Å². The third kappa shape index (κ3) is 4.96. The normalized spacial score (nSPS) is 11.7. The van der Waals surface area contributed by atoms with Gasteiger partial charge >= 0.3 is 0 Å². The second-order valence-electron chi connectivity index (χ2n) is 14.1. The maximum atomic E-state index is 6.40. The topological polar surface area (TPSA) is 16.4 Å². The Morgan fingerprint density at radius 1 is 0.296 bits per heavy atom. The molecule has 54 heavy (non-hydrogen) atoms. The van der Waals surface area contributed by atoms with Crippen molar-refractivity contribution < 1.29 is 4.42 Å². The minimum absolute atomic E-state index is 0.912. The molecule has 0 saturated carbocycles. The number of benzene rings is 10. The van der Waals surface area contributed by atoms with Gasteiger partial charge in [0.15, 0.2) is 0 Å². The molecule has 0 unspecified atom stereocenters. The minimum atomic E-state index is 0.912. The highest BCUT2D eigenvalue weighted by Crippen LogP contribution is 2.42. The third-order valence-corrected chi connectivity index (χ3v) is 11.0. The molecule has 0 fully saturated rings. The molecular formula is C52H33NO. The van der Waals surface area contributed by atoms with Crippen LogP contribution in [0, 0.1) is 0 Å². The fourth-order valence-corrected chi connectivity index (χ4v) is 8.39. The van der Waals surface area contributed by atoms with E-state index in [2.05, 4.69) is 205 Å². The van der Waals surface area contributed by atoms with Gasteiger partial charge in [-0.15, -0.1) is 0 Å². The third-order valence-electron chi connectivity index (χ3n) is 11.0. The van der Waals surface area contributed by atoms with Gasteiger partial charge in [-0.3, -0.25) is 0 Å². The first-order valence-electron chi connectivity index (χ1n) is 18.5. The molecule has 2 nitrogen and oxygen atoms in total. The van der Waals surface area contributed by atoms with Crippen LogP contribution in [0.5, 0.6) is 0 Å². The largest absolute Gasteiger partial charge is 0.456 e. The van der Waals surface area contributed by atoms with Gasteiger partial charge < -0.3 is 9.32 Å². The number of para-hydroxylation sites is 1. The van der Waals surface area contributed by atoms with Crippen molar-refractivity contribution in [3.8, 4) is 22.3 Å². The van der Waals surface area contributed by atoms with Crippen molar-refractivity contribution in [2.24, 2.45) is 0 Å². The molecule has 0 aliphatic heterocycles. The van der Waals surface area contributed by atoms with Crippen molar-refractivity contribution in [1.29, 1.82) is 0 Å². The molecular weight excluding hydrogens is 655 g/mol. The fraction of sp³-hybridized carbons (Fsp3) is 0. The van der Waals surface area contributed by atoms with Gasteiger partial charge in [-0.05, 0) is 132 Å². The summed E-state index contributed by atoms with van der Waals surface area (Å²) in [6, 6.07) is 72.3. The monoisotopic (exact) mass is 687 g/mol. The molecule has 0 amide bonds. The first-order valence-corrected chi connectivity index (χ1v) is 18.5. The van der Waals surface area contributed by atoms with Crippen molar-refractivity contribution in [2.45, 2.75) is 0 Å². The van der Waals surface area contributed by atoms with E-state index in [1.807, 2.05) is 0 Å². The van der Waals surface area contributed by atoms with Gasteiger partial charge in [-0.2, -0.15) is 0 Å². The van der Waals surface area contributed by atoms with E-state index in [0.29, 0.717) is 0 Å². The van der Waals surface area contributed by atoms with Gasteiger partial charge in [0.1, 0.15) is 11.2 Å². The summed E-state index contributed by atoms with van der Waals surface area (Å²) >= 11 is 0. The second kappa shape index (κ2) is 12.2. The molecule has 252 valence electrons. The highest BCUT2D eigenvalue weighted by atomic mass is 16.3. The van der Waals surface area contributed by atoms with Crippen molar-refractivity contribution in [3.05, 3.63) is 200 Å². The summed E-state index contributed by atoms with van der Waals surface area (Å²) in [5, 5.41) is 12.1.